The number of halogens is 1. The van der Waals surface area contributed by atoms with Crippen LogP contribution in [0.1, 0.15) is 10.5 Å². The molecule has 1 heterocycles. The van der Waals surface area contributed by atoms with Crippen molar-refractivity contribution in [3.8, 4) is 11.3 Å². The molecule has 0 atom stereocenters. The van der Waals surface area contributed by atoms with Gasteiger partial charge in [0.25, 0.3) is 6.01 Å². The number of aromatic nitrogens is 1. The molecule has 15 heavy (non-hydrogen) atoms. The molecular weight excluding hydrogens is 199 g/mol. The number of aldehydes is 1. The third kappa shape index (κ3) is 1.71. The highest BCUT2D eigenvalue weighted by Crippen LogP contribution is 2.24. The van der Waals surface area contributed by atoms with E-state index in [0.717, 1.165) is 0 Å². The summed E-state index contributed by atoms with van der Waals surface area (Å²) in [6.45, 7) is 0. The molecule has 4 nitrogen and oxygen atoms in total. The van der Waals surface area contributed by atoms with Gasteiger partial charge in [0.05, 0.1) is 0 Å². The van der Waals surface area contributed by atoms with Gasteiger partial charge in [0.1, 0.15) is 5.82 Å². The second-order valence-corrected chi connectivity index (χ2v) is 2.89. The number of oxazole rings is 1. The Bertz CT molecular complexity index is 491. The summed E-state index contributed by atoms with van der Waals surface area (Å²) in [6, 6.07) is 5.42. The zero-order chi connectivity index (χ0) is 10.8. The van der Waals surface area contributed by atoms with Gasteiger partial charge >= 0.3 is 0 Å². The van der Waals surface area contributed by atoms with Crippen LogP contribution < -0.4 is 5.73 Å². The van der Waals surface area contributed by atoms with Gasteiger partial charge in [-0.25, -0.2) is 4.39 Å². The molecule has 0 fully saturated rings. The van der Waals surface area contributed by atoms with Crippen LogP contribution in [0.25, 0.3) is 11.3 Å². The quantitative estimate of drug-likeness (QED) is 0.761. The number of benzene rings is 1. The number of nitrogens with zero attached hydrogens (tertiary/aromatic N) is 1. The lowest BCUT2D eigenvalue weighted by molar-refractivity contribution is 0.112. The van der Waals surface area contributed by atoms with E-state index in [2.05, 4.69) is 4.98 Å². The van der Waals surface area contributed by atoms with E-state index in [1.807, 2.05) is 0 Å². The highest BCUT2D eigenvalue weighted by Gasteiger charge is 2.12. The topological polar surface area (TPSA) is 69.1 Å². The second-order valence-electron chi connectivity index (χ2n) is 2.89. The van der Waals surface area contributed by atoms with E-state index in [1.165, 1.54) is 24.3 Å². The summed E-state index contributed by atoms with van der Waals surface area (Å²) in [4.78, 5) is 14.3. The molecule has 1 aromatic heterocycles. The van der Waals surface area contributed by atoms with Gasteiger partial charge in [-0.3, -0.25) is 4.79 Å². The monoisotopic (exact) mass is 206 g/mol. The Morgan fingerprint density at radius 3 is 2.60 bits per heavy atom. The maximum Gasteiger partial charge on any atom is 0.293 e. The van der Waals surface area contributed by atoms with E-state index in [-0.39, 0.29) is 23.3 Å². The first-order valence-electron chi connectivity index (χ1n) is 4.18. The Morgan fingerprint density at radius 1 is 1.33 bits per heavy atom. The summed E-state index contributed by atoms with van der Waals surface area (Å²) in [6.07, 6.45) is 0.540. The van der Waals surface area contributed by atoms with Crippen molar-refractivity contribution in [2.45, 2.75) is 0 Å². The Kier molecular flexibility index (Phi) is 2.21. The Morgan fingerprint density at radius 2 is 2.00 bits per heavy atom. The SMILES string of the molecule is Nc1nc(C=O)c(-c2ccc(F)cc2)o1. The second kappa shape index (κ2) is 3.53. The van der Waals surface area contributed by atoms with Crippen LogP contribution in [0.3, 0.4) is 0 Å². The number of nitrogen functional groups attached to an aromatic ring is 1. The third-order valence-corrected chi connectivity index (χ3v) is 1.89. The van der Waals surface area contributed by atoms with Crippen LogP contribution in [-0.4, -0.2) is 11.3 Å². The van der Waals surface area contributed by atoms with Crippen LogP contribution >= 0.6 is 0 Å². The van der Waals surface area contributed by atoms with Crippen molar-refractivity contribution in [1.82, 2.24) is 4.98 Å². The molecule has 0 amide bonds. The minimum Gasteiger partial charge on any atom is -0.423 e. The summed E-state index contributed by atoms with van der Waals surface area (Å²) >= 11 is 0. The number of carbonyl (C=O) groups is 1. The van der Waals surface area contributed by atoms with E-state index in [1.54, 1.807) is 0 Å². The predicted molar refractivity (Wildman–Crippen MR) is 51.7 cm³/mol. The van der Waals surface area contributed by atoms with Crippen molar-refractivity contribution >= 4 is 12.3 Å². The van der Waals surface area contributed by atoms with Gasteiger partial charge in [-0.15, -0.1) is 0 Å². The van der Waals surface area contributed by atoms with E-state index in [0.29, 0.717) is 11.8 Å². The first kappa shape index (κ1) is 9.39. The molecule has 2 rings (SSSR count). The molecule has 1 aromatic carbocycles. The lowest BCUT2D eigenvalue weighted by atomic mass is 10.1. The zero-order valence-electron chi connectivity index (χ0n) is 7.61. The first-order valence-corrected chi connectivity index (χ1v) is 4.18. The molecule has 2 N–H and O–H groups in total. The first-order chi connectivity index (χ1) is 7.20. The third-order valence-electron chi connectivity index (χ3n) is 1.89. The Balaban J connectivity index is 2.52. The maximum atomic E-state index is 12.6. The van der Waals surface area contributed by atoms with Crippen molar-refractivity contribution in [2.75, 3.05) is 5.73 Å². The number of carbonyl (C=O) groups excluding carboxylic acids is 1. The summed E-state index contributed by atoms with van der Waals surface area (Å²) < 4.78 is 17.7. The molecule has 0 bridgehead atoms. The van der Waals surface area contributed by atoms with Crippen molar-refractivity contribution in [3.05, 3.63) is 35.8 Å². The molecule has 0 radical (unpaired) electrons. The standard InChI is InChI=1S/C10H7FN2O2/c11-7-3-1-6(2-4-7)9-8(5-14)13-10(12)15-9/h1-5H,(H2,12,13). The molecule has 0 spiro atoms. The molecule has 0 aliphatic rings. The van der Waals surface area contributed by atoms with Gasteiger partial charge in [-0.1, -0.05) is 0 Å². The number of hydrogen-bond donors (Lipinski definition) is 1. The summed E-state index contributed by atoms with van der Waals surface area (Å²) in [5.74, 6) is -0.110. The van der Waals surface area contributed by atoms with E-state index < -0.39 is 0 Å². The average molecular weight is 206 g/mol. The molecule has 2 aromatic rings. The van der Waals surface area contributed by atoms with Crippen molar-refractivity contribution < 1.29 is 13.6 Å². The largest absolute Gasteiger partial charge is 0.423 e. The Labute approximate surface area is 84.5 Å². The lowest BCUT2D eigenvalue weighted by Gasteiger charge is -1.95. The molecule has 0 saturated carbocycles. The average Bonchev–Trinajstić information content (AvgIpc) is 2.61. The van der Waals surface area contributed by atoms with Crippen LogP contribution in [0.15, 0.2) is 28.7 Å². The molecule has 76 valence electrons. The van der Waals surface area contributed by atoms with E-state index in [4.69, 9.17) is 10.2 Å². The van der Waals surface area contributed by atoms with Gasteiger partial charge in [0.15, 0.2) is 17.7 Å². The van der Waals surface area contributed by atoms with Gasteiger partial charge < -0.3 is 10.2 Å². The number of rotatable bonds is 2. The molecular formula is C10H7FN2O2. The van der Waals surface area contributed by atoms with Gasteiger partial charge in [0.2, 0.25) is 0 Å². The smallest absolute Gasteiger partial charge is 0.293 e. The van der Waals surface area contributed by atoms with Crippen LogP contribution in [-0.2, 0) is 0 Å². The molecule has 5 heteroatoms. The van der Waals surface area contributed by atoms with Crippen molar-refractivity contribution in [2.24, 2.45) is 0 Å². The predicted octanol–water partition coefficient (Wildman–Crippen LogP) is 1.88. The van der Waals surface area contributed by atoms with Crippen LogP contribution in [0.4, 0.5) is 10.4 Å². The minimum atomic E-state index is -0.362. The fraction of sp³-hybridized carbons (Fsp3) is 0. The van der Waals surface area contributed by atoms with Crippen molar-refractivity contribution in [3.63, 3.8) is 0 Å². The molecule has 0 aliphatic carbocycles. The van der Waals surface area contributed by atoms with Crippen molar-refractivity contribution in [1.29, 1.82) is 0 Å². The number of hydrogen-bond acceptors (Lipinski definition) is 4. The zero-order valence-corrected chi connectivity index (χ0v) is 7.61. The normalized spacial score (nSPS) is 10.2. The number of nitrogens with two attached hydrogens (primary N) is 1. The highest BCUT2D eigenvalue weighted by atomic mass is 19.1. The fourth-order valence-corrected chi connectivity index (χ4v) is 1.24. The van der Waals surface area contributed by atoms with Crippen LogP contribution in [0.5, 0.6) is 0 Å². The molecule has 0 unspecified atom stereocenters. The molecule has 0 saturated heterocycles. The Hall–Kier alpha value is -2.17. The molecule has 0 aliphatic heterocycles. The van der Waals surface area contributed by atoms with Crippen LogP contribution in [0.2, 0.25) is 0 Å². The lowest BCUT2D eigenvalue weighted by Crippen LogP contribution is -1.86. The van der Waals surface area contributed by atoms with Crippen LogP contribution in [0, 0.1) is 5.82 Å². The summed E-state index contributed by atoms with van der Waals surface area (Å²) in [7, 11) is 0. The van der Waals surface area contributed by atoms with Gasteiger partial charge in [0, 0.05) is 5.56 Å². The number of anilines is 1. The highest BCUT2D eigenvalue weighted by molar-refractivity contribution is 5.83. The van der Waals surface area contributed by atoms with E-state index in [9.17, 15) is 9.18 Å². The fourth-order valence-electron chi connectivity index (χ4n) is 1.24. The maximum absolute atomic E-state index is 12.6. The van der Waals surface area contributed by atoms with Gasteiger partial charge in [-0.05, 0) is 24.3 Å². The summed E-state index contributed by atoms with van der Waals surface area (Å²) in [5, 5.41) is 0. The minimum absolute atomic E-state index is 0.0866. The van der Waals surface area contributed by atoms with Gasteiger partial charge in [-0.2, -0.15) is 4.98 Å². The summed E-state index contributed by atoms with van der Waals surface area (Å²) in [5.41, 5.74) is 5.98. The van der Waals surface area contributed by atoms with E-state index >= 15 is 0 Å².